The Morgan fingerprint density at radius 1 is 1.36 bits per heavy atom. The van der Waals surface area contributed by atoms with Crippen molar-refractivity contribution in [1.82, 2.24) is 20.5 Å². The maximum atomic E-state index is 4.31. The molecule has 1 atom stereocenters. The Morgan fingerprint density at radius 2 is 2.23 bits per heavy atom. The van der Waals surface area contributed by atoms with Gasteiger partial charge < -0.3 is 10.6 Å². The van der Waals surface area contributed by atoms with Crippen molar-refractivity contribution in [2.75, 3.05) is 26.7 Å². The normalized spacial score (nSPS) is 19.4. The summed E-state index contributed by atoms with van der Waals surface area (Å²) < 4.78 is 0. The first-order valence-electron chi connectivity index (χ1n) is 7.92. The molecule has 0 saturated carbocycles. The molecule has 0 aliphatic carbocycles. The quantitative estimate of drug-likeness (QED) is 0.439. The van der Waals surface area contributed by atoms with E-state index in [1.807, 2.05) is 31.4 Å². The lowest BCUT2D eigenvalue weighted by Gasteiger charge is -2.35. The molecule has 1 saturated heterocycles. The topological polar surface area (TPSA) is 52.5 Å². The van der Waals surface area contributed by atoms with E-state index in [9.17, 15) is 0 Å². The Labute approximate surface area is 151 Å². The van der Waals surface area contributed by atoms with Gasteiger partial charge in [-0.15, -0.1) is 24.0 Å². The number of halogens is 1. The van der Waals surface area contributed by atoms with Gasteiger partial charge in [0.25, 0.3) is 0 Å². The summed E-state index contributed by atoms with van der Waals surface area (Å²) in [5, 5.41) is 6.76. The fourth-order valence-corrected chi connectivity index (χ4v) is 2.82. The third kappa shape index (κ3) is 6.08. The van der Waals surface area contributed by atoms with Gasteiger partial charge in [-0.1, -0.05) is 19.4 Å². The van der Waals surface area contributed by atoms with Crippen LogP contribution in [-0.2, 0) is 6.54 Å². The standard InChI is InChI=1S/C16H27N5.HI/c1-3-21-11-7-5-9-15(21)13-20-16(17-2)19-12-14-8-4-6-10-18-14;/h4,6,8,10,15H,3,5,7,9,11-13H2,1-2H3,(H2,17,19,20);1H. The maximum Gasteiger partial charge on any atom is 0.191 e. The van der Waals surface area contributed by atoms with E-state index in [4.69, 9.17) is 0 Å². The second-order valence-corrected chi connectivity index (χ2v) is 5.41. The number of hydrogen-bond acceptors (Lipinski definition) is 3. The highest BCUT2D eigenvalue weighted by molar-refractivity contribution is 14.0. The van der Waals surface area contributed by atoms with Crippen LogP contribution in [0.25, 0.3) is 0 Å². The Bertz CT molecular complexity index is 437. The number of nitrogens with zero attached hydrogens (tertiary/aromatic N) is 3. The van der Waals surface area contributed by atoms with Crippen LogP contribution in [0.2, 0.25) is 0 Å². The first-order chi connectivity index (χ1) is 10.3. The molecule has 1 aliphatic rings. The van der Waals surface area contributed by atoms with Crippen molar-refractivity contribution in [3.63, 3.8) is 0 Å². The zero-order valence-corrected chi connectivity index (χ0v) is 15.9. The Morgan fingerprint density at radius 3 is 2.91 bits per heavy atom. The lowest BCUT2D eigenvalue weighted by Crippen LogP contribution is -2.48. The first-order valence-corrected chi connectivity index (χ1v) is 7.92. The fourth-order valence-electron chi connectivity index (χ4n) is 2.82. The second-order valence-electron chi connectivity index (χ2n) is 5.41. The predicted octanol–water partition coefficient (Wildman–Crippen LogP) is 2.24. The van der Waals surface area contributed by atoms with E-state index in [1.165, 1.54) is 25.8 Å². The van der Waals surface area contributed by atoms with Crippen LogP contribution in [0.1, 0.15) is 31.9 Å². The summed E-state index contributed by atoms with van der Waals surface area (Å²) in [7, 11) is 1.81. The molecule has 22 heavy (non-hydrogen) atoms. The lowest BCUT2D eigenvalue weighted by molar-refractivity contribution is 0.157. The number of hydrogen-bond donors (Lipinski definition) is 2. The molecule has 1 unspecified atom stereocenters. The number of likely N-dealkylation sites (tertiary alicyclic amines) is 1. The van der Waals surface area contributed by atoms with Gasteiger partial charge in [0.05, 0.1) is 12.2 Å². The summed E-state index contributed by atoms with van der Waals surface area (Å²) in [6.07, 6.45) is 5.76. The first kappa shape index (κ1) is 19.2. The van der Waals surface area contributed by atoms with Crippen molar-refractivity contribution >= 4 is 29.9 Å². The molecular weight excluding hydrogens is 389 g/mol. The van der Waals surface area contributed by atoms with Gasteiger partial charge in [-0.2, -0.15) is 0 Å². The third-order valence-corrected chi connectivity index (χ3v) is 4.05. The average Bonchev–Trinajstić information content (AvgIpc) is 2.56. The van der Waals surface area contributed by atoms with Crippen LogP contribution in [-0.4, -0.2) is 48.6 Å². The maximum absolute atomic E-state index is 4.31. The van der Waals surface area contributed by atoms with Crippen LogP contribution in [0.4, 0.5) is 0 Å². The molecule has 0 aromatic carbocycles. The number of rotatable bonds is 5. The number of aliphatic imine (C=N–C) groups is 1. The van der Waals surface area contributed by atoms with Gasteiger partial charge in [0, 0.05) is 25.8 Å². The summed E-state index contributed by atoms with van der Waals surface area (Å²) >= 11 is 0. The number of likely N-dealkylation sites (N-methyl/N-ethyl adjacent to an activating group) is 1. The minimum Gasteiger partial charge on any atom is -0.355 e. The van der Waals surface area contributed by atoms with Gasteiger partial charge in [-0.3, -0.25) is 14.9 Å². The Balaban J connectivity index is 0.00000242. The Hall–Kier alpha value is -0.890. The highest BCUT2D eigenvalue weighted by atomic mass is 127. The molecule has 0 bridgehead atoms. The number of guanidine groups is 1. The molecular formula is C16H28IN5. The van der Waals surface area contributed by atoms with E-state index in [0.29, 0.717) is 12.6 Å². The van der Waals surface area contributed by atoms with Gasteiger partial charge in [-0.25, -0.2) is 0 Å². The molecule has 2 N–H and O–H groups in total. The molecule has 1 fully saturated rings. The van der Waals surface area contributed by atoms with Gasteiger partial charge in [0.2, 0.25) is 0 Å². The molecule has 0 amide bonds. The monoisotopic (exact) mass is 417 g/mol. The summed E-state index contributed by atoms with van der Waals surface area (Å²) in [5.74, 6) is 0.849. The van der Waals surface area contributed by atoms with Crippen LogP contribution in [0.3, 0.4) is 0 Å². The smallest absolute Gasteiger partial charge is 0.191 e. The summed E-state index contributed by atoms with van der Waals surface area (Å²) in [4.78, 5) is 11.2. The number of nitrogens with one attached hydrogen (secondary N) is 2. The fraction of sp³-hybridized carbons (Fsp3) is 0.625. The van der Waals surface area contributed by atoms with Crippen LogP contribution in [0.15, 0.2) is 29.4 Å². The molecule has 1 aliphatic heterocycles. The SMILES string of the molecule is CCN1CCCCC1CNC(=NC)NCc1ccccn1.I. The Kier molecular flexibility index (Phi) is 9.38. The molecule has 1 aromatic heterocycles. The third-order valence-electron chi connectivity index (χ3n) is 4.05. The molecule has 1 aromatic rings. The van der Waals surface area contributed by atoms with Crippen molar-refractivity contribution in [2.24, 2.45) is 4.99 Å². The summed E-state index contributed by atoms with van der Waals surface area (Å²) in [6, 6.07) is 6.57. The molecule has 124 valence electrons. The largest absolute Gasteiger partial charge is 0.355 e. The van der Waals surface area contributed by atoms with E-state index in [1.54, 1.807) is 0 Å². The van der Waals surface area contributed by atoms with Gasteiger partial charge in [0.1, 0.15) is 0 Å². The van der Waals surface area contributed by atoms with E-state index in [0.717, 1.165) is 24.7 Å². The molecule has 6 heteroatoms. The van der Waals surface area contributed by atoms with Gasteiger partial charge in [-0.05, 0) is 38.1 Å². The van der Waals surface area contributed by atoms with E-state index in [-0.39, 0.29) is 24.0 Å². The lowest BCUT2D eigenvalue weighted by atomic mass is 10.0. The van der Waals surface area contributed by atoms with E-state index >= 15 is 0 Å². The summed E-state index contributed by atoms with van der Waals surface area (Å²) in [5.41, 5.74) is 1.02. The van der Waals surface area contributed by atoms with E-state index < -0.39 is 0 Å². The highest BCUT2D eigenvalue weighted by Crippen LogP contribution is 2.15. The molecule has 0 spiro atoms. The van der Waals surface area contributed by atoms with Crippen LogP contribution < -0.4 is 10.6 Å². The van der Waals surface area contributed by atoms with Crippen molar-refractivity contribution in [3.8, 4) is 0 Å². The molecule has 2 rings (SSSR count). The average molecular weight is 417 g/mol. The van der Waals surface area contributed by atoms with Gasteiger partial charge >= 0.3 is 0 Å². The van der Waals surface area contributed by atoms with Crippen molar-refractivity contribution in [3.05, 3.63) is 30.1 Å². The summed E-state index contributed by atoms with van der Waals surface area (Å²) in [6.45, 7) is 6.25. The van der Waals surface area contributed by atoms with Crippen LogP contribution in [0.5, 0.6) is 0 Å². The zero-order chi connectivity index (χ0) is 14.9. The predicted molar refractivity (Wildman–Crippen MR) is 103 cm³/mol. The minimum atomic E-state index is 0. The van der Waals surface area contributed by atoms with Crippen LogP contribution >= 0.6 is 24.0 Å². The second kappa shape index (κ2) is 10.8. The van der Waals surface area contributed by atoms with Crippen molar-refractivity contribution in [1.29, 1.82) is 0 Å². The number of pyridine rings is 1. The molecule has 2 heterocycles. The van der Waals surface area contributed by atoms with Crippen molar-refractivity contribution < 1.29 is 0 Å². The van der Waals surface area contributed by atoms with Crippen molar-refractivity contribution in [2.45, 2.75) is 38.8 Å². The number of piperidine rings is 1. The molecule has 0 radical (unpaired) electrons. The minimum absolute atomic E-state index is 0. The van der Waals surface area contributed by atoms with E-state index in [2.05, 4.69) is 32.4 Å². The zero-order valence-electron chi connectivity index (χ0n) is 13.6. The van der Waals surface area contributed by atoms with Crippen LogP contribution in [0, 0.1) is 0 Å². The highest BCUT2D eigenvalue weighted by Gasteiger charge is 2.20. The molecule has 5 nitrogen and oxygen atoms in total. The van der Waals surface area contributed by atoms with Gasteiger partial charge in [0.15, 0.2) is 5.96 Å². The number of aromatic nitrogens is 1.